The van der Waals surface area contributed by atoms with Crippen molar-refractivity contribution < 1.29 is 9.59 Å². The molecular weight excluding hydrogens is 304 g/mol. The smallest absolute Gasteiger partial charge is 0.318 e. The highest BCUT2D eigenvalue weighted by Gasteiger charge is 2.36. The highest BCUT2D eigenvalue weighted by atomic mass is 16.2. The van der Waals surface area contributed by atoms with Gasteiger partial charge in [0.15, 0.2) is 0 Å². The van der Waals surface area contributed by atoms with E-state index in [0.29, 0.717) is 12.5 Å². The fourth-order valence-electron chi connectivity index (χ4n) is 3.95. The first-order valence-corrected chi connectivity index (χ1v) is 8.90. The molecule has 24 heavy (non-hydrogen) atoms. The number of nitrogens with one attached hydrogen (secondary N) is 2. The molecule has 0 bridgehead atoms. The third-order valence-corrected chi connectivity index (χ3v) is 5.22. The van der Waals surface area contributed by atoms with E-state index in [1.807, 2.05) is 18.2 Å². The summed E-state index contributed by atoms with van der Waals surface area (Å²) in [5, 5.41) is 5.83. The van der Waals surface area contributed by atoms with Gasteiger partial charge in [0.05, 0.1) is 11.7 Å². The molecule has 1 aliphatic carbocycles. The minimum atomic E-state index is -0.358. The molecule has 6 heteroatoms. The molecule has 1 saturated carbocycles. The van der Waals surface area contributed by atoms with Gasteiger partial charge in [-0.25, -0.2) is 4.79 Å². The second kappa shape index (κ2) is 7.64. The fourth-order valence-corrected chi connectivity index (χ4v) is 3.95. The molecule has 1 aliphatic heterocycles. The van der Waals surface area contributed by atoms with Crippen LogP contribution in [0.25, 0.3) is 0 Å². The largest absolute Gasteiger partial charge is 0.357 e. The first kappa shape index (κ1) is 16.7. The van der Waals surface area contributed by atoms with Crippen molar-refractivity contribution in [3.8, 4) is 0 Å². The van der Waals surface area contributed by atoms with Gasteiger partial charge in [0.2, 0.25) is 5.91 Å². The van der Waals surface area contributed by atoms with Gasteiger partial charge in [-0.2, -0.15) is 0 Å². The summed E-state index contributed by atoms with van der Waals surface area (Å²) in [6, 6.07) is 5.24. The number of nitrogens with zero attached hydrogens (tertiary/aromatic N) is 2. The summed E-state index contributed by atoms with van der Waals surface area (Å²) in [5.74, 6) is 0.336. The molecule has 2 atom stereocenters. The van der Waals surface area contributed by atoms with Crippen molar-refractivity contribution in [1.29, 1.82) is 0 Å². The van der Waals surface area contributed by atoms with Gasteiger partial charge in [0, 0.05) is 19.8 Å². The van der Waals surface area contributed by atoms with Crippen molar-refractivity contribution in [3.05, 3.63) is 30.1 Å². The highest BCUT2D eigenvalue weighted by Crippen LogP contribution is 2.35. The van der Waals surface area contributed by atoms with E-state index < -0.39 is 0 Å². The van der Waals surface area contributed by atoms with Crippen LogP contribution >= 0.6 is 0 Å². The first-order chi connectivity index (χ1) is 11.7. The van der Waals surface area contributed by atoms with Gasteiger partial charge in [-0.1, -0.05) is 18.9 Å². The number of pyridine rings is 1. The number of amides is 3. The molecular formula is C18H26N4O2. The zero-order valence-electron chi connectivity index (χ0n) is 14.2. The predicted octanol–water partition coefficient (Wildman–Crippen LogP) is 2.23. The third kappa shape index (κ3) is 3.52. The van der Waals surface area contributed by atoms with Crippen LogP contribution in [0.3, 0.4) is 0 Å². The number of hydrogen-bond acceptors (Lipinski definition) is 3. The Kier molecular flexibility index (Phi) is 5.33. The predicted molar refractivity (Wildman–Crippen MR) is 91.3 cm³/mol. The molecule has 2 aliphatic rings. The van der Waals surface area contributed by atoms with Crippen molar-refractivity contribution in [2.75, 3.05) is 13.6 Å². The molecule has 6 nitrogen and oxygen atoms in total. The van der Waals surface area contributed by atoms with E-state index in [-0.39, 0.29) is 24.0 Å². The zero-order chi connectivity index (χ0) is 16.9. The molecule has 2 N–H and O–H groups in total. The summed E-state index contributed by atoms with van der Waals surface area (Å²) in [7, 11) is 1.62. The van der Waals surface area contributed by atoms with Gasteiger partial charge in [-0.05, 0) is 43.7 Å². The Morgan fingerprint density at radius 3 is 2.67 bits per heavy atom. The van der Waals surface area contributed by atoms with Crippen LogP contribution in [0.15, 0.2) is 24.4 Å². The summed E-state index contributed by atoms with van der Waals surface area (Å²) >= 11 is 0. The first-order valence-electron chi connectivity index (χ1n) is 8.90. The number of aromatic nitrogens is 1. The lowest BCUT2D eigenvalue weighted by atomic mass is 9.95. The van der Waals surface area contributed by atoms with Crippen molar-refractivity contribution in [2.45, 2.75) is 50.6 Å². The van der Waals surface area contributed by atoms with E-state index in [1.165, 1.54) is 12.8 Å². The average Bonchev–Trinajstić information content (AvgIpc) is 3.31. The minimum absolute atomic E-state index is 0.0767. The monoisotopic (exact) mass is 330 g/mol. The number of likely N-dealkylation sites (tertiary alicyclic amines) is 1. The maximum absolute atomic E-state index is 12.8. The third-order valence-electron chi connectivity index (χ3n) is 5.22. The summed E-state index contributed by atoms with van der Waals surface area (Å²) in [4.78, 5) is 31.0. The number of hydrogen-bond donors (Lipinski definition) is 2. The normalized spacial score (nSPS) is 22.4. The molecule has 130 valence electrons. The summed E-state index contributed by atoms with van der Waals surface area (Å²) in [5.41, 5.74) is 0.911. The summed E-state index contributed by atoms with van der Waals surface area (Å²) in [6.07, 6.45) is 7.99. The van der Waals surface area contributed by atoms with Crippen LogP contribution in [0.5, 0.6) is 0 Å². The average molecular weight is 330 g/mol. The van der Waals surface area contributed by atoms with E-state index in [1.54, 1.807) is 18.1 Å². The van der Waals surface area contributed by atoms with Gasteiger partial charge < -0.3 is 15.5 Å². The van der Waals surface area contributed by atoms with Crippen molar-refractivity contribution in [3.63, 3.8) is 0 Å². The van der Waals surface area contributed by atoms with Gasteiger partial charge >= 0.3 is 6.03 Å². The molecule has 3 rings (SSSR count). The van der Waals surface area contributed by atoms with Crippen molar-refractivity contribution in [2.24, 2.45) is 5.92 Å². The Balaban J connectivity index is 1.74. The SMILES string of the molecule is CNC(=O)[C@H]1CCCN1C(=O)N[C@@H](c1ccccn1)C1CCCC1. The van der Waals surface area contributed by atoms with Crippen LogP contribution in [0, 0.1) is 5.92 Å². The topological polar surface area (TPSA) is 74.3 Å². The van der Waals surface area contributed by atoms with Crippen molar-refractivity contribution >= 4 is 11.9 Å². The van der Waals surface area contributed by atoms with E-state index in [0.717, 1.165) is 31.4 Å². The maximum Gasteiger partial charge on any atom is 0.318 e. The van der Waals surface area contributed by atoms with Crippen LogP contribution < -0.4 is 10.6 Å². The van der Waals surface area contributed by atoms with Crippen LogP contribution in [0.1, 0.15) is 50.3 Å². The fraction of sp³-hybridized carbons (Fsp3) is 0.611. The summed E-state index contributed by atoms with van der Waals surface area (Å²) < 4.78 is 0. The Labute approximate surface area is 143 Å². The molecule has 1 aromatic rings. The summed E-state index contributed by atoms with van der Waals surface area (Å²) in [6.45, 7) is 0.628. The Bertz CT molecular complexity index is 572. The minimum Gasteiger partial charge on any atom is -0.357 e. The zero-order valence-corrected chi connectivity index (χ0v) is 14.2. The van der Waals surface area contributed by atoms with E-state index in [4.69, 9.17) is 0 Å². The lowest BCUT2D eigenvalue weighted by molar-refractivity contribution is -0.124. The Hall–Kier alpha value is -2.11. The van der Waals surface area contributed by atoms with Gasteiger partial charge in [-0.15, -0.1) is 0 Å². The van der Waals surface area contributed by atoms with Gasteiger partial charge in [0.25, 0.3) is 0 Å². The molecule has 0 unspecified atom stereocenters. The van der Waals surface area contributed by atoms with E-state index >= 15 is 0 Å². The standard InChI is InChI=1S/C18H26N4O2/c1-19-17(23)15-10-6-12-22(15)18(24)21-16(13-7-2-3-8-13)14-9-4-5-11-20-14/h4-5,9,11,13,15-16H,2-3,6-8,10,12H2,1H3,(H,19,23)(H,21,24)/t15-,16-/m1/s1. The molecule has 0 aromatic carbocycles. The lowest BCUT2D eigenvalue weighted by Gasteiger charge is -2.29. The number of carbonyl (C=O) groups is 2. The molecule has 2 heterocycles. The van der Waals surface area contributed by atoms with Gasteiger partial charge in [-0.3, -0.25) is 9.78 Å². The van der Waals surface area contributed by atoms with E-state index in [2.05, 4.69) is 15.6 Å². The lowest BCUT2D eigenvalue weighted by Crippen LogP contribution is -2.50. The molecule has 1 saturated heterocycles. The van der Waals surface area contributed by atoms with Crippen LogP contribution in [0.4, 0.5) is 4.79 Å². The van der Waals surface area contributed by atoms with Crippen LogP contribution in [-0.2, 0) is 4.79 Å². The Morgan fingerprint density at radius 2 is 2.00 bits per heavy atom. The van der Waals surface area contributed by atoms with Crippen molar-refractivity contribution in [1.82, 2.24) is 20.5 Å². The number of rotatable bonds is 4. The quantitative estimate of drug-likeness (QED) is 0.889. The highest BCUT2D eigenvalue weighted by molar-refractivity contribution is 5.87. The van der Waals surface area contributed by atoms with Crippen LogP contribution in [-0.4, -0.2) is 41.5 Å². The Morgan fingerprint density at radius 1 is 1.21 bits per heavy atom. The molecule has 1 aromatic heterocycles. The second-order valence-corrected chi connectivity index (χ2v) is 6.69. The van der Waals surface area contributed by atoms with Crippen LogP contribution in [0.2, 0.25) is 0 Å². The number of likely N-dealkylation sites (N-methyl/N-ethyl adjacent to an activating group) is 1. The molecule has 0 spiro atoms. The number of urea groups is 1. The molecule has 2 fully saturated rings. The molecule has 3 amide bonds. The second-order valence-electron chi connectivity index (χ2n) is 6.69. The maximum atomic E-state index is 12.8. The number of carbonyl (C=O) groups excluding carboxylic acids is 2. The van der Waals surface area contributed by atoms with E-state index in [9.17, 15) is 9.59 Å². The van der Waals surface area contributed by atoms with Gasteiger partial charge in [0.1, 0.15) is 6.04 Å². The molecule has 0 radical (unpaired) electrons.